The fourth-order valence-corrected chi connectivity index (χ4v) is 3.77. The SMILES string of the molecule is ONc1c(Br)cc(-c2cnc(OCC3=CC=C(OC(F)(F)F)C=CC3)nn2)cc1Br. The first-order valence-electron chi connectivity index (χ1n) is 8.29. The molecule has 1 aliphatic carbocycles. The van der Waals surface area contributed by atoms with Crippen LogP contribution < -0.4 is 10.2 Å². The minimum Gasteiger partial charge on any atom is -0.458 e. The van der Waals surface area contributed by atoms with E-state index < -0.39 is 6.36 Å². The zero-order valence-electron chi connectivity index (χ0n) is 15.0. The van der Waals surface area contributed by atoms with Crippen molar-refractivity contribution in [2.75, 3.05) is 12.1 Å². The summed E-state index contributed by atoms with van der Waals surface area (Å²) in [7, 11) is 0. The summed E-state index contributed by atoms with van der Waals surface area (Å²) in [5.74, 6) is -0.306. The molecule has 0 amide bonds. The summed E-state index contributed by atoms with van der Waals surface area (Å²) in [5, 5.41) is 17.1. The Morgan fingerprint density at radius 1 is 1.13 bits per heavy atom. The van der Waals surface area contributed by atoms with E-state index in [0.717, 1.165) is 0 Å². The number of allylic oxidation sites excluding steroid dienone is 4. The van der Waals surface area contributed by atoms with Crippen LogP contribution in [-0.2, 0) is 4.74 Å². The molecule has 0 atom stereocenters. The van der Waals surface area contributed by atoms with Gasteiger partial charge < -0.3 is 9.47 Å². The molecule has 1 aromatic carbocycles. The van der Waals surface area contributed by atoms with Crippen LogP contribution in [0.3, 0.4) is 0 Å². The number of rotatable bonds is 6. The van der Waals surface area contributed by atoms with Crippen molar-refractivity contribution in [1.82, 2.24) is 15.2 Å². The lowest BCUT2D eigenvalue weighted by molar-refractivity contribution is -0.303. The zero-order valence-corrected chi connectivity index (χ0v) is 18.1. The van der Waals surface area contributed by atoms with Gasteiger partial charge in [-0.05, 0) is 68.1 Å². The van der Waals surface area contributed by atoms with E-state index in [1.54, 1.807) is 18.2 Å². The molecule has 0 spiro atoms. The van der Waals surface area contributed by atoms with Crippen molar-refractivity contribution >= 4 is 37.5 Å². The van der Waals surface area contributed by atoms with Crippen LogP contribution >= 0.6 is 31.9 Å². The van der Waals surface area contributed by atoms with Crippen molar-refractivity contribution in [3.8, 4) is 17.3 Å². The van der Waals surface area contributed by atoms with Gasteiger partial charge in [0.15, 0.2) is 0 Å². The van der Waals surface area contributed by atoms with E-state index in [0.29, 0.717) is 37.9 Å². The largest absolute Gasteiger partial charge is 0.573 e. The molecule has 1 aliphatic rings. The molecule has 7 nitrogen and oxygen atoms in total. The molecule has 1 aromatic heterocycles. The number of aromatic nitrogens is 3. The zero-order chi connectivity index (χ0) is 21.7. The molecule has 30 heavy (non-hydrogen) atoms. The highest BCUT2D eigenvalue weighted by molar-refractivity contribution is 9.11. The molecule has 2 aromatic rings. The molecule has 0 fully saturated rings. The van der Waals surface area contributed by atoms with Gasteiger partial charge in [0, 0.05) is 14.5 Å². The standard InChI is InChI=1S/C18H13Br2F3N4O3/c19-13-6-11(7-14(20)16(13)27-28)15-8-24-17(26-25-15)29-9-10-2-1-3-12(5-4-10)30-18(21,22)23/h1,3-8,27-28H,2,9H2. The molecular formula is C18H13Br2F3N4O3. The number of nitrogens with zero attached hydrogens (tertiary/aromatic N) is 3. The smallest absolute Gasteiger partial charge is 0.458 e. The van der Waals surface area contributed by atoms with Crippen molar-refractivity contribution in [3.05, 3.63) is 62.9 Å². The predicted molar refractivity (Wildman–Crippen MR) is 109 cm³/mol. The molecule has 3 rings (SSSR count). The highest BCUT2D eigenvalue weighted by Gasteiger charge is 2.31. The van der Waals surface area contributed by atoms with Crippen molar-refractivity contribution in [2.24, 2.45) is 0 Å². The van der Waals surface area contributed by atoms with Crippen molar-refractivity contribution in [1.29, 1.82) is 0 Å². The van der Waals surface area contributed by atoms with Gasteiger partial charge in [-0.25, -0.2) is 4.98 Å². The van der Waals surface area contributed by atoms with Crippen LogP contribution in [0.5, 0.6) is 6.01 Å². The Bertz CT molecular complexity index is 986. The maximum atomic E-state index is 12.3. The third-order valence-corrected chi connectivity index (χ3v) is 5.01. The molecule has 12 heteroatoms. The quantitative estimate of drug-likeness (QED) is 0.457. The van der Waals surface area contributed by atoms with Crippen LogP contribution in [0.4, 0.5) is 18.9 Å². The van der Waals surface area contributed by atoms with Crippen molar-refractivity contribution < 1.29 is 27.9 Å². The van der Waals surface area contributed by atoms with Gasteiger partial charge in [0.2, 0.25) is 0 Å². The number of anilines is 1. The fourth-order valence-electron chi connectivity index (χ4n) is 2.41. The third kappa shape index (κ3) is 6.03. The maximum Gasteiger partial charge on any atom is 0.573 e. The molecule has 2 N–H and O–H groups in total. The lowest BCUT2D eigenvalue weighted by Gasteiger charge is -2.09. The van der Waals surface area contributed by atoms with Crippen LogP contribution in [0.25, 0.3) is 11.3 Å². The summed E-state index contributed by atoms with van der Waals surface area (Å²) in [6, 6.07) is 3.48. The molecule has 0 aliphatic heterocycles. The van der Waals surface area contributed by atoms with Crippen LogP contribution in [0, 0.1) is 0 Å². The topological polar surface area (TPSA) is 89.4 Å². The van der Waals surface area contributed by atoms with E-state index in [1.165, 1.54) is 24.4 Å². The number of halogens is 5. The summed E-state index contributed by atoms with van der Waals surface area (Å²) in [6.45, 7) is 0.0785. The second-order valence-corrected chi connectivity index (χ2v) is 7.60. The summed E-state index contributed by atoms with van der Waals surface area (Å²) >= 11 is 6.66. The van der Waals surface area contributed by atoms with E-state index in [2.05, 4.69) is 57.3 Å². The van der Waals surface area contributed by atoms with Gasteiger partial charge in [-0.3, -0.25) is 10.7 Å². The van der Waals surface area contributed by atoms with E-state index in [1.807, 2.05) is 0 Å². The first kappa shape index (κ1) is 22.2. The fraction of sp³-hybridized carbons (Fsp3) is 0.167. The number of nitrogens with one attached hydrogen (secondary N) is 1. The minimum atomic E-state index is -4.74. The number of ether oxygens (including phenoxy) is 2. The molecule has 158 valence electrons. The van der Waals surface area contributed by atoms with Gasteiger partial charge in [-0.2, -0.15) is 0 Å². The van der Waals surface area contributed by atoms with Crippen molar-refractivity contribution in [2.45, 2.75) is 12.8 Å². The highest BCUT2D eigenvalue weighted by Crippen LogP contribution is 2.35. The average molecular weight is 550 g/mol. The lowest BCUT2D eigenvalue weighted by Crippen LogP contribution is -2.11. The predicted octanol–water partition coefficient (Wildman–Crippen LogP) is 5.55. The molecule has 0 unspecified atom stereocenters. The van der Waals surface area contributed by atoms with Crippen LogP contribution in [0.2, 0.25) is 0 Å². The second-order valence-electron chi connectivity index (χ2n) is 5.89. The Morgan fingerprint density at radius 2 is 1.87 bits per heavy atom. The first-order chi connectivity index (χ1) is 14.2. The summed E-state index contributed by atoms with van der Waals surface area (Å²) < 4.78 is 47.4. The van der Waals surface area contributed by atoms with E-state index >= 15 is 0 Å². The molecular weight excluding hydrogens is 537 g/mol. The summed E-state index contributed by atoms with van der Waals surface area (Å²) in [5.41, 5.74) is 4.41. The molecule has 0 saturated carbocycles. The Balaban J connectivity index is 1.65. The lowest BCUT2D eigenvalue weighted by atomic mass is 10.1. The molecule has 1 heterocycles. The van der Waals surface area contributed by atoms with Gasteiger partial charge in [0.1, 0.15) is 18.1 Å². The van der Waals surface area contributed by atoms with Crippen LogP contribution in [0.1, 0.15) is 6.42 Å². The van der Waals surface area contributed by atoms with Crippen LogP contribution in [-0.4, -0.2) is 33.4 Å². The van der Waals surface area contributed by atoms with Gasteiger partial charge in [-0.15, -0.1) is 18.3 Å². The van der Waals surface area contributed by atoms with Gasteiger partial charge >= 0.3 is 12.4 Å². The first-order valence-corrected chi connectivity index (χ1v) is 9.88. The molecule has 0 bridgehead atoms. The van der Waals surface area contributed by atoms with Crippen LogP contribution in [0.15, 0.2) is 62.9 Å². The Hall–Kier alpha value is -2.44. The van der Waals surface area contributed by atoms with Gasteiger partial charge in [0.05, 0.1) is 11.9 Å². The number of hydrogen-bond donors (Lipinski definition) is 2. The maximum absolute atomic E-state index is 12.3. The normalized spacial score (nSPS) is 13.9. The molecule has 0 radical (unpaired) electrons. The summed E-state index contributed by atoms with van der Waals surface area (Å²) in [4.78, 5) is 4.10. The van der Waals surface area contributed by atoms with E-state index in [4.69, 9.17) is 9.94 Å². The molecule has 0 saturated heterocycles. The van der Waals surface area contributed by atoms with Crippen molar-refractivity contribution in [3.63, 3.8) is 0 Å². The summed E-state index contributed by atoms with van der Waals surface area (Å²) in [6.07, 6.45) is 2.62. The second kappa shape index (κ2) is 9.58. The third-order valence-electron chi connectivity index (χ3n) is 3.76. The number of hydrogen-bond acceptors (Lipinski definition) is 7. The minimum absolute atomic E-state index is 0.0235. The highest BCUT2D eigenvalue weighted by atomic mass is 79.9. The Kier molecular flexibility index (Phi) is 7.10. The monoisotopic (exact) mass is 548 g/mol. The van der Waals surface area contributed by atoms with E-state index in [9.17, 15) is 13.2 Å². The Labute approximate surface area is 185 Å². The van der Waals surface area contributed by atoms with E-state index in [-0.39, 0.29) is 18.4 Å². The number of alkyl halides is 3. The average Bonchev–Trinajstić information content (AvgIpc) is 2.90. The van der Waals surface area contributed by atoms with Gasteiger partial charge in [-0.1, -0.05) is 17.3 Å². The Morgan fingerprint density at radius 3 is 2.47 bits per heavy atom. The van der Waals surface area contributed by atoms with Gasteiger partial charge in [0.25, 0.3) is 0 Å². The number of benzene rings is 1.